The first-order valence-electron chi connectivity index (χ1n) is 7.68. The highest BCUT2D eigenvalue weighted by atomic mass is 35.5. The Kier molecular flexibility index (Phi) is 6.81. The number of ether oxygens (including phenoxy) is 1. The largest absolute Gasteiger partial charge is 0.494 e. The van der Waals surface area contributed by atoms with Gasteiger partial charge >= 0.3 is 0 Å². The number of hydrogen-bond acceptors (Lipinski definition) is 4. The average Bonchev–Trinajstić information content (AvgIpc) is 2.59. The monoisotopic (exact) mass is 382 g/mol. The molecule has 0 radical (unpaired) electrons. The fraction of sp³-hybridized carbons (Fsp3) is 0.235. The highest BCUT2D eigenvalue weighted by Gasteiger charge is 2.13. The highest BCUT2D eigenvalue weighted by molar-refractivity contribution is 7.89. The van der Waals surface area contributed by atoms with Gasteiger partial charge in [0.05, 0.1) is 11.5 Å². The van der Waals surface area contributed by atoms with Gasteiger partial charge in [0.2, 0.25) is 10.0 Å². The Balaban J connectivity index is 1.83. The molecule has 2 aromatic rings. The fourth-order valence-electron chi connectivity index (χ4n) is 2.05. The molecule has 134 valence electrons. The number of carbonyl (C=O) groups is 1. The van der Waals surface area contributed by atoms with Crippen molar-refractivity contribution in [1.82, 2.24) is 10.0 Å². The van der Waals surface area contributed by atoms with Crippen molar-refractivity contribution in [1.29, 1.82) is 0 Å². The van der Waals surface area contributed by atoms with Crippen LogP contribution in [0.5, 0.6) is 5.75 Å². The molecule has 2 aromatic carbocycles. The number of benzene rings is 2. The number of rotatable bonds is 8. The van der Waals surface area contributed by atoms with Gasteiger partial charge in [0.1, 0.15) is 5.75 Å². The van der Waals surface area contributed by atoms with E-state index >= 15 is 0 Å². The van der Waals surface area contributed by atoms with E-state index in [4.69, 9.17) is 16.3 Å². The molecule has 0 saturated carbocycles. The predicted molar refractivity (Wildman–Crippen MR) is 96.6 cm³/mol. The van der Waals surface area contributed by atoms with E-state index in [2.05, 4.69) is 10.0 Å². The third-order valence-corrected chi connectivity index (χ3v) is 4.93. The first-order chi connectivity index (χ1) is 11.9. The Morgan fingerprint density at radius 3 is 2.48 bits per heavy atom. The van der Waals surface area contributed by atoms with Crippen LogP contribution in [0.4, 0.5) is 0 Å². The molecule has 2 N–H and O–H groups in total. The first-order valence-corrected chi connectivity index (χ1v) is 9.55. The number of nitrogens with one attached hydrogen (secondary N) is 2. The smallest absolute Gasteiger partial charge is 0.251 e. The molecule has 1 amide bonds. The molecule has 0 unspecified atom stereocenters. The molecule has 8 heteroatoms. The maximum atomic E-state index is 12.1. The molecule has 0 saturated heterocycles. The van der Waals surface area contributed by atoms with Gasteiger partial charge in [0.15, 0.2) is 0 Å². The molecule has 0 aromatic heterocycles. The molecule has 0 bridgehead atoms. The van der Waals surface area contributed by atoms with Crippen molar-refractivity contribution in [3.8, 4) is 5.75 Å². The molecule has 0 aliphatic carbocycles. The van der Waals surface area contributed by atoms with Crippen LogP contribution in [0, 0.1) is 0 Å². The summed E-state index contributed by atoms with van der Waals surface area (Å²) in [7, 11) is -3.66. The van der Waals surface area contributed by atoms with E-state index in [9.17, 15) is 13.2 Å². The van der Waals surface area contributed by atoms with Crippen LogP contribution in [0.3, 0.4) is 0 Å². The molecular weight excluding hydrogens is 364 g/mol. The lowest BCUT2D eigenvalue weighted by atomic mass is 10.2. The van der Waals surface area contributed by atoms with Crippen molar-refractivity contribution in [2.45, 2.75) is 11.8 Å². The maximum absolute atomic E-state index is 12.1. The van der Waals surface area contributed by atoms with Crippen molar-refractivity contribution in [2.75, 3.05) is 19.7 Å². The number of amides is 1. The minimum absolute atomic E-state index is 0.0671. The van der Waals surface area contributed by atoms with Gasteiger partial charge in [-0.25, -0.2) is 13.1 Å². The summed E-state index contributed by atoms with van der Waals surface area (Å²) in [6.45, 7) is 2.66. The molecule has 25 heavy (non-hydrogen) atoms. The summed E-state index contributed by atoms with van der Waals surface area (Å²) < 4.78 is 31.9. The number of halogens is 1. The van der Waals surface area contributed by atoms with E-state index in [1.807, 2.05) is 6.92 Å². The Morgan fingerprint density at radius 1 is 1.12 bits per heavy atom. The van der Waals surface area contributed by atoms with Crippen LogP contribution in [-0.4, -0.2) is 34.0 Å². The molecular formula is C17H19ClN2O4S. The van der Waals surface area contributed by atoms with Crippen molar-refractivity contribution >= 4 is 27.5 Å². The normalized spacial score (nSPS) is 11.1. The quantitative estimate of drug-likeness (QED) is 0.687. The van der Waals surface area contributed by atoms with Crippen molar-refractivity contribution in [3.63, 3.8) is 0 Å². The third kappa shape index (κ3) is 5.74. The van der Waals surface area contributed by atoms with E-state index in [0.29, 0.717) is 22.9 Å². The number of hydrogen-bond donors (Lipinski definition) is 2. The summed E-state index contributed by atoms with van der Waals surface area (Å²) in [6.07, 6.45) is 0. The zero-order valence-electron chi connectivity index (χ0n) is 13.7. The molecule has 2 rings (SSSR count). The zero-order valence-corrected chi connectivity index (χ0v) is 15.2. The van der Waals surface area contributed by atoms with Crippen LogP contribution < -0.4 is 14.8 Å². The summed E-state index contributed by atoms with van der Waals surface area (Å²) in [5.41, 5.74) is 0.473. The standard InChI is InChI=1S/C17H19ClN2O4S/c1-2-24-15-8-6-13(7-9-15)17(21)19-10-11-20-25(22,23)16-5-3-4-14(18)12-16/h3-9,12,20H,2,10-11H2,1H3,(H,19,21). The van der Waals surface area contributed by atoms with Gasteiger partial charge in [-0.15, -0.1) is 0 Å². The molecule has 6 nitrogen and oxygen atoms in total. The number of carbonyl (C=O) groups excluding carboxylic acids is 1. The topological polar surface area (TPSA) is 84.5 Å². The minimum atomic E-state index is -3.66. The van der Waals surface area contributed by atoms with Crippen LogP contribution in [0.2, 0.25) is 5.02 Å². The predicted octanol–water partition coefficient (Wildman–Crippen LogP) is 2.45. The van der Waals surface area contributed by atoms with Gasteiger partial charge in [0.25, 0.3) is 5.91 Å². The van der Waals surface area contributed by atoms with E-state index in [-0.39, 0.29) is 23.9 Å². The van der Waals surface area contributed by atoms with Gasteiger partial charge in [-0.2, -0.15) is 0 Å². The van der Waals surface area contributed by atoms with Crippen LogP contribution >= 0.6 is 11.6 Å². The lowest BCUT2D eigenvalue weighted by Crippen LogP contribution is -2.34. The Morgan fingerprint density at radius 2 is 1.84 bits per heavy atom. The van der Waals surface area contributed by atoms with Gasteiger partial charge in [-0.1, -0.05) is 17.7 Å². The van der Waals surface area contributed by atoms with E-state index in [0.717, 1.165) is 0 Å². The maximum Gasteiger partial charge on any atom is 0.251 e. The summed E-state index contributed by atoms with van der Waals surface area (Å²) in [5, 5.41) is 2.99. The van der Waals surface area contributed by atoms with Crippen LogP contribution in [-0.2, 0) is 10.0 Å². The fourth-order valence-corrected chi connectivity index (χ4v) is 3.38. The van der Waals surface area contributed by atoms with E-state index in [1.54, 1.807) is 36.4 Å². The molecule has 0 aliphatic rings. The zero-order chi connectivity index (χ0) is 18.3. The summed E-state index contributed by atoms with van der Waals surface area (Å²) in [6, 6.07) is 12.7. The third-order valence-electron chi connectivity index (χ3n) is 3.24. The molecule has 0 atom stereocenters. The highest BCUT2D eigenvalue weighted by Crippen LogP contribution is 2.15. The Labute approximate surface area is 152 Å². The lowest BCUT2D eigenvalue weighted by Gasteiger charge is -2.09. The van der Waals surface area contributed by atoms with Gasteiger partial charge < -0.3 is 10.1 Å². The van der Waals surface area contributed by atoms with Gasteiger partial charge in [-0.05, 0) is 49.4 Å². The lowest BCUT2D eigenvalue weighted by molar-refractivity contribution is 0.0954. The van der Waals surface area contributed by atoms with Crippen molar-refractivity contribution < 1.29 is 17.9 Å². The second-order valence-corrected chi connectivity index (χ2v) is 7.27. The second kappa shape index (κ2) is 8.84. The van der Waals surface area contributed by atoms with Crippen LogP contribution in [0.1, 0.15) is 17.3 Å². The Bertz CT molecular complexity index is 823. The van der Waals surface area contributed by atoms with Crippen LogP contribution in [0.15, 0.2) is 53.4 Å². The van der Waals surface area contributed by atoms with Crippen molar-refractivity contribution in [2.24, 2.45) is 0 Å². The Hall–Kier alpha value is -2.09. The second-order valence-electron chi connectivity index (χ2n) is 5.07. The van der Waals surface area contributed by atoms with Crippen molar-refractivity contribution in [3.05, 3.63) is 59.1 Å². The van der Waals surface area contributed by atoms with Crippen LogP contribution in [0.25, 0.3) is 0 Å². The van der Waals surface area contributed by atoms with Gasteiger partial charge in [-0.3, -0.25) is 4.79 Å². The molecule has 0 spiro atoms. The summed E-state index contributed by atoms with van der Waals surface area (Å²) >= 11 is 5.79. The minimum Gasteiger partial charge on any atom is -0.494 e. The molecule has 0 heterocycles. The average molecular weight is 383 g/mol. The van der Waals surface area contributed by atoms with E-state index in [1.165, 1.54) is 12.1 Å². The summed E-state index contributed by atoms with van der Waals surface area (Å²) in [5.74, 6) is 0.401. The number of sulfonamides is 1. The summed E-state index contributed by atoms with van der Waals surface area (Å²) in [4.78, 5) is 12.1. The van der Waals surface area contributed by atoms with E-state index < -0.39 is 10.0 Å². The molecule has 0 aliphatic heterocycles. The van der Waals surface area contributed by atoms with Gasteiger partial charge in [0, 0.05) is 23.7 Å². The SMILES string of the molecule is CCOc1ccc(C(=O)NCCNS(=O)(=O)c2cccc(Cl)c2)cc1. The molecule has 0 fully saturated rings. The first kappa shape index (κ1) is 19.2.